The average molecular weight is 414 g/mol. The number of halogens is 2. The van der Waals surface area contributed by atoms with Gasteiger partial charge in [-0.15, -0.1) is 0 Å². The van der Waals surface area contributed by atoms with E-state index in [0.29, 0.717) is 15.6 Å². The van der Waals surface area contributed by atoms with E-state index in [-0.39, 0.29) is 18.1 Å². The maximum absolute atomic E-state index is 12.1. The smallest absolute Gasteiger partial charge is 0.269 e. The lowest BCUT2D eigenvalue weighted by atomic mass is 10.2. The molecule has 1 N–H and O–H groups in total. The third-order valence-corrected chi connectivity index (χ3v) is 3.93. The van der Waals surface area contributed by atoms with E-state index in [9.17, 15) is 14.9 Å². The molecule has 0 radical (unpaired) electrons. The van der Waals surface area contributed by atoms with Crippen LogP contribution < -0.4 is 5.32 Å². The number of hydrogen-bond donors (Lipinski definition) is 1. The lowest BCUT2D eigenvalue weighted by Crippen LogP contribution is -2.23. The molecule has 0 aliphatic heterocycles. The van der Waals surface area contributed by atoms with Crippen LogP contribution in [0.4, 0.5) is 5.69 Å². The molecule has 0 aliphatic carbocycles. The molecule has 0 atom stereocenters. The number of carbonyl (C=O) groups is 1. The van der Waals surface area contributed by atoms with E-state index >= 15 is 0 Å². The van der Waals surface area contributed by atoms with Crippen LogP contribution in [-0.4, -0.2) is 10.8 Å². The van der Waals surface area contributed by atoms with Crippen molar-refractivity contribution in [2.24, 2.45) is 0 Å². The first-order valence-electron chi connectivity index (χ1n) is 5.94. The Hall–Kier alpha value is -1.73. The van der Waals surface area contributed by atoms with Gasteiger partial charge in [0, 0.05) is 27.6 Å². The molecule has 0 aromatic heterocycles. The van der Waals surface area contributed by atoms with E-state index in [0.717, 1.165) is 4.47 Å². The number of nitro benzene ring substituents is 1. The van der Waals surface area contributed by atoms with Crippen LogP contribution in [0.15, 0.2) is 51.4 Å². The summed E-state index contributed by atoms with van der Waals surface area (Å²) >= 11 is 6.63. The molecule has 0 spiro atoms. The minimum atomic E-state index is -0.462. The summed E-state index contributed by atoms with van der Waals surface area (Å²) in [5.74, 6) is -0.255. The van der Waals surface area contributed by atoms with E-state index < -0.39 is 4.92 Å². The molecule has 0 aliphatic rings. The molecule has 0 fully saturated rings. The Morgan fingerprint density at radius 3 is 2.67 bits per heavy atom. The Balaban J connectivity index is 2.09. The standard InChI is InChI=1S/C14H10Br2N2O3/c15-10-4-5-13(16)12(7-10)14(19)17-8-9-2-1-3-11(6-9)18(20)21/h1-7H,8H2,(H,17,19). The maximum Gasteiger partial charge on any atom is 0.269 e. The average Bonchev–Trinajstić information content (AvgIpc) is 2.47. The van der Waals surface area contributed by atoms with Gasteiger partial charge in [0.05, 0.1) is 10.5 Å². The van der Waals surface area contributed by atoms with Crippen LogP contribution in [0.2, 0.25) is 0 Å². The van der Waals surface area contributed by atoms with Gasteiger partial charge in [0.15, 0.2) is 0 Å². The van der Waals surface area contributed by atoms with E-state index in [4.69, 9.17) is 0 Å². The number of rotatable bonds is 4. The molecule has 7 heteroatoms. The van der Waals surface area contributed by atoms with Gasteiger partial charge in [0.25, 0.3) is 11.6 Å². The minimum Gasteiger partial charge on any atom is -0.348 e. The highest BCUT2D eigenvalue weighted by Crippen LogP contribution is 2.21. The van der Waals surface area contributed by atoms with Crippen molar-refractivity contribution in [3.8, 4) is 0 Å². The summed E-state index contributed by atoms with van der Waals surface area (Å²) in [5.41, 5.74) is 1.17. The molecule has 0 saturated heterocycles. The fourth-order valence-corrected chi connectivity index (χ4v) is 2.52. The number of nitrogens with zero attached hydrogens (tertiary/aromatic N) is 1. The molecular formula is C14H10Br2N2O3. The van der Waals surface area contributed by atoms with Crippen LogP contribution >= 0.6 is 31.9 Å². The Morgan fingerprint density at radius 1 is 1.19 bits per heavy atom. The molecule has 0 unspecified atom stereocenters. The highest BCUT2D eigenvalue weighted by Gasteiger charge is 2.11. The van der Waals surface area contributed by atoms with E-state index in [1.54, 1.807) is 24.3 Å². The van der Waals surface area contributed by atoms with Gasteiger partial charge in [0.1, 0.15) is 0 Å². The van der Waals surface area contributed by atoms with Crippen molar-refractivity contribution in [3.05, 3.63) is 72.7 Å². The summed E-state index contributed by atoms with van der Waals surface area (Å²) in [7, 11) is 0. The highest BCUT2D eigenvalue weighted by atomic mass is 79.9. The summed E-state index contributed by atoms with van der Waals surface area (Å²) < 4.78 is 1.48. The van der Waals surface area contributed by atoms with E-state index in [2.05, 4.69) is 37.2 Å². The fraction of sp³-hybridized carbons (Fsp3) is 0.0714. The number of nitro groups is 1. The molecule has 1 amide bonds. The predicted octanol–water partition coefficient (Wildman–Crippen LogP) is 4.05. The van der Waals surface area contributed by atoms with Gasteiger partial charge in [-0.05, 0) is 39.7 Å². The van der Waals surface area contributed by atoms with Crippen LogP contribution in [-0.2, 0) is 6.54 Å². The van der Waals surface area contributed by atoms with Crippen molar-refractivity contribution in [1.82, 2.24) is 5.32 Å². The maximum atomic E-state index is 12.1. The first kappa shape index (κ1) is 15.7. The number of non-ortho nitro benzene ring substituents is 1. The predicted molar refractivity (Wildman–Crippen MR) is 86.1 cm³/mol. The van der Waals surface area contributed by atoms with Crippen LogP contribution in [0.1, 0.15) is 15.9 Å². The summed E-state index contributed by atoms with van der Waals surface area (Å²) in [4.78, 5) is 22.4. The van der Waals surface area contributed by atoms with Crippen LogP contribution in [0.5, 0.6) is 0 Å². The third kappa shape index (κ3) is 4.12. The molecule has 5 nitrogen and oxygen atoms in total. The monoisotopic (exact) mass is 412 g/mol. The highest BCUT2D eigenvalue weighted by molar-refractivity contribution is 9.11. The second-order valence-electron chi connectivity index (χ2n) is 4.23. The molecule has 2 aromatic rings. The van der Waals surface area contributed by atoms with Gasteiger partial charge in [0.2, 0.25) is 0 Å². The summed E-state index contributed by atoms with van der Waals surface area (Å²) in [6, 6.07) is 11.5. The van der Waals surface area contributed by atoms with Gasteiger partial charge < -0.3 is 5.32 Å². The molecule has 0 bridgehead atoms. The number of amides is 1. The summed E-state index contributed by atoms with van der Waals surface area (Å²) in [5, 5.41) is 13.4. The molecule has 0 heterocycles. The molecule has 0 saturated carbocycles. The van der Waals surface area contributed by atoms with Crippen molar-refractivity contribution in [2.75, 3.05) is 0 Å². The first-order valence-corrected chi connectivity index (χ1v) is 7.52. The van der Waals surface area contributed by atoms with Gasteiger partial charge in [-0.25, -0.2) is 0 Å². The number of carbonyl (C=O) groups excluding carboxylic acids is 1. The number of nitrogens with one attached hydrogen (secondary N) is 1. The molecule has 21 heavy (non-hydrogen) atoms. The van der Waals surface area contributed by atoms with Crippen LogP contribution in [0.3, 0.4) is 0 Å². The Kier molecular flexibility index (Phi) is 5.08. The summed E-state index contributed by atoms with van der Waals surface area (Å²) in [6.45, 7) is 0.222. The molecule has 2 aromatic carbocycles. The van der Waals surface area contributed by atoms with E-state index in [1.165, 1.54) is 12.1 Å². The lowest BCUT2D eigenvalue weighted by Gasteiger charge is -2.07. The second-order valence-corrected chi connectivity index (χ2v) is 6.00. The van der Waals surface area contributed by atoms with Gasteiger partial charge in [-0.2, -0.15) is 0 Å². The largest absolute Gasteiger partial charge is 0.348 e. The van der Waals surface area contributed by atoms with Crippen LogP contribution in [0, 0.1) is 10.1 Å². The van der Waals surface area contributed by atoms with Gasteiger partial charge >= 0.3 is 0 Å². The summed E-state index contributed by atoms with van der Waals surface area (Å²) in [6.07, 6.45) is 0. The zero-order valence-corrected chi connectivity index (χ0v) is 13.8. The Labute approximate surface area is 137 Å². The van der Waals surface area contributed by atoms with Crippen molar-refractivity contribution >= 4 is 43.5 Å². The minimum absolute atomic E-state index is 0.00499. The Morgan fingerprint density at radius 2 is 1.95 bits per heavy atom. The topological polar surface area (TPSA) is 72.2 Å². The quantitative estimate of drug-likeness (QED) is 0.607. The normalized spacial score (nSPS) is 10.2. The second kappa shape index (κ2) is 6.82. The van der Waals surface area contributed by atoms with Crippen molar-refractivity contribution in [1.29, 1.82) is 0 Å². The first-order chi connectivity index (χ1) is 9.97. The zero-order chi connectivity index (χ0) is 15.4. The van der Waals surface area contributed by atoms with Crippen molar-refractivity contribution < 1.29 is 9.72 Å². The molecule has 2 rings (SSSR count). The molecular weight excluding hydrogens is 404 g/mol. The van der Waals surface area contributed by atoms with Gasteiger partial charge in [-0.3, -0.25) is 14.9 Å². The lowest BCUT2D eigenvalue weighted by molar-refractivity contribution is -0.384. The van der Waals surface area contributed by atoms with Crippen LogP contribution in [0.25, 0.3) is 0 Å². The van der Waals surface area contributed by atoms with Crippen molar-refractivity contribution in [2.45, 2.75) is 6.54 Å². The third-order valence-electron chi connectivity index (χ3n) is 2.75. The Bertz CT molecular complexity index is 704. The van der Waals surface area contributed by atoms with E-state index in [1.807, 2.05) is 6.07 Å². The SMILES string of the molecule is O=C(NCc1cccc([N+](=O)[O-])c1)c1cc(Br)ccc1Br. The molecule has 108 valence electrons. The van der Waals surface area contributed by atoms with Gasteiger partial charge in [-0.1, -0.05) is 28.1 Å². The number of hydrogen-bond acceptors (Lipinski definition) is 3. The number of benzene rings is 2. The zero-order valence-electron chi connectivity index (χ0n) is 10.7. The fourth-order valence-electron chi connectivity index (χ4n) is 1.73. The van der Waals surface area contributed by atoms with Crippen molar-refractivity contribution in [3.63, 3.8) is 0 Å².